The van der Waals surface area contributed by atoms with Gasteiger partial charge in [-0.25, -0.2) is 18.3 Å². The molecule has 4 aliphatic carbocycles. The van der Waals surface area contributed by atoms with Gasteiger partial charge in [-0.3, -0.25) is 0 Å². The minimum Gasteiger partial charge on any atom is -0.487 e. The largest absolute Gasteiger partial charge is 0.487 e. The molecule has 4 fully saturated rings. The highest BCUT2D eigenvalue weighted by Crippen LogP contribution is 2.59. The summed E-state index contributed by atoms with van der Waals surface area (Å²) in [5.74, 6) is 4.79. The first-order valence-corrected chi connectivity index (χ1v) is 48.2. The van der Waals surface area contributed by atoms with Gasteiger partial charge in [0, 0.05) is 78.8 Å². The smallest absolute Gasteiger partial charge is 0.216 e. The first kappa shape index (κ1) is 86.0. The summed E-state index contributed by atoms with van der Waals surface area (Å²) >= 11 is 0. The van der Waals surface area contributed by atoms with Crippen LogP contribution in [-0.2, 0) is 50.8 Å². The zero-order valence-corrected chi connectivity index (χ0v) is 80.0. The molecule has 4 aromatic heterocycles. The summed E-state index contributed by atoms with van der Waals surface area (Å²) in [7, 11) is 8.49. The van der Waals surface area contributed by atoms with E-state index in [4.69, 9.17) is 21.7 Å². The molecule has 0 unspecified atom stereocenters. The van der Waals surface area contributed by atoms with E-state index in [2.05, 4.69) is 357 Å². The van der Waals surface area contributed by atoms with Gasteiger partial charge in [-0.05, 0) is 268 Å². The average Bonchev–Trinajstić information content (AvgIpc) is 1.17. The van der Waals surface area contributed by atoms with E-state index in [0.717, 1.165) is 89.8 Å². The van der Waals surface area contributed by atoms with Crippen molar-refractivity contribution in [2.45, 2.75) is 302 Å². The monoisotopic (exact) mass is 1690 g/mol. The van der Waals surface area contributed by atoms with Crippen LogP contribution in [0.25, 0.3) is 89.5 Å². The Morgan fingerprint density at radius 2 is 0.654 bits per heavy atom. The number of pyridine rings is 4. The van der Waals surface area contributed by atoms with Gasteiger partial charge < -0.3 is 18.9 Å². The average molecular weight is 1690 g/mol. The number of nitrogens with zero attached hydrogens (tertiary/aromatic N) is 4. The molecule has 8 heterocycles. The summed E-state index contributed by atoms with van der Waals surface area (Å²) in [6, 6.07) is 71.4. The predicted octanol–water partition coefficient (Wildman–Crippen LogP) is 28.6. The molecule has 3 spiro atoms. The third kappa shape index (κ3) is 17.9. The number of benzene rings is 8. The van der Waals surface area contributed by atoms with Crippen LogP contribution in [0.15, 0.2) is 219 Å². The minimum atomic E-state index is -1.39. The van der Waals surface area contributed by atoms with Gasteiger partial charge in [0.1, 0.15) is 73.6 Å². The lowest BCUT2D eigenvalue weighted by atomic mass is 9.62. The molecule has 12 aromatic rings. The van der Waals surface area contributed by atoms with Crippen LogP contribution in [0, 0.1) is 48.5 Å². The Balaban J connectivity index is 0.000000121. The van der Waals surface area contributed by atoms with Gasteiger partial charge >= 0.3 is 0 Å². The number of ether oxygens (including phenoxy) is 4. The molecule has 8 nitrogen and oxygen atoms in total. The molecule has 4 aliphatic heterocycles. The molecule has 20 rings (SSSR count). The molecule has 0 N–H and O–H groups in total. The van der Waals surface area contributed by atoms with Gasteiger partial charge in [0.05, 0.1) is 22.3 Å². The molecule has 8 heteroatoms. The van der Waals surface area contributed by atoms with E-state index in [0.29, 0.717) is 12.0 Å². The van der Waals surface area contributed by atoms with Gasteiger partial charge in [-0.15, -0.1) is 0 Å². The maximum absolute atomic E-state index is 8.93. The van der Waals surface area contributed by atoms with Crippen LogP contribution < -0.4 is 37.2 Å². The second-order valence-electron chi connectivity index (χ2n) is 42.0. The number of hydrogen-bond acceptors (Lipinski definition) is 4. The maximum Gasteiger partial charge on any atom is 0.216 e. The molecule has 8 aromatic carbocycles. The SMILES string of the molecule is Cc1ccc(-c2cc[n+](C)c(-c3c(C)ccc4c3OC(C)(C)CC43CCCCC3)c2)cc1.Cc1ccc(-c2cc[n+](C)c(-c3c(C)ccc4c3OC3(CCCCC3)CC4(C)C)c2)cc1.Cc1ccc2c(c1-c1cc(-c3ccc(C4CCCCC4)cc3)cc[n+]1C)OC(C)(C)C2(C)C.[2H]C1([2H])CC2(CCCCC2)Oc2c1ccc(C)c2-c1cc(-c2ccc(C)cc2)cc[n+]1C. The van der Waals surface area contributed by atoms with E-state index >= 15 is 0 Å². The Bertz CT molecular complexity index is 5960. The van der Waals surface area contributed by atoms with E-state index in [9.17, 15) is 0 Å². The zero-order chi connectivity index (χ0) is 90.9. The van der Waals surface area contributed by atoms with Gasteiger partial charge in [-0.2, -0.15) is 0 Å². The van der Waals surface area contributed by atoms with Gasteiger partial charge in [0.2, 0.25) is 22.8 Å². The van der Waals surface area contributed by atoms with Crippen molar-refractivity contribution < 1.29 is 40.0 Å². The van der Waals surface area contributed by atoms with Crippen LogP contribution in [0.3, 0.4) is 0 Å². The summed E-state index contributed by atoms with van der Waals surface area (Å²) < 4.78 is 54.1. The van der Waals surface area contributed by atoms with Crippen molar-refractivity contribution in [3.63, 3.8) is 0 Å². The molecule has 0 saturated heterocycles. The summed E-state index contributed by atoms with van der Waals surface area (Å²) in [6.45, 7) is 33.5. The van der Waals surface area contributed by atoms with Crippen LogP contribution in [-0.4, -0.2) is 22.4 Å². The fraction of sp³-hybridized carbons (Fsp3) is 0.429. The molecule has 8 aliphatic rings. The lowest BCUT2D eigenvalue weighted by Crippen LogP contribution is -2.47. The topological polar surface area (TPSA) is 52.4 Å². The molecule has 658 valence electrons. The van der Waals surface area contributed by atoms with E-state index in [1.54, 1.807) is 0 Å². The zero-order valence-electron chi connectivity index (χ0n) is 82.0. The molecule has 0 bridgehead atoms. The van der Waals surface area contributed by atoms with E-state index < -0.39 is 6.37 Å². The van der Waals surface area contributed by atoms with Crippen molar-refractivity contribution in [3.05, 3.63) is 286 Å². The number of rotatable bonds is 9. The lowest BCUT2D eigenvalue weighted by molar-refractivity contribution is -0.660. The Labute approximate surface area is 764 Å². The third-order valence-corrected chi connectivity index (χ3v) is 30.9. The van der Waals surface area contributed by atoms with Crippen LogP contribution >= 0.6 is 0 Å². The van der Waals surface area contributed by atoms with E-state index in [-0.39, 0.29) is 38.6 Å². The van der Waals surface area contributed by atoms with Crippen LogP contribution in [0.2, 0.25) is 0 Å². The van der Waals surface area contributed by atoms with Crippen LogP contribution in [0.4, 0.5) is 0 Å². The standard InChI is InChI=1S/C31H38NO.2C30H36NO.C28H32NO/c1-21-12-17-26-29(33-31(4,5)30(26,2)3)28(21)27-20-25(18-19-32(27)6)24-15-13-23(14-16-24)22-10-8-7-9-11-22;1-21-9-12-23(13-10-21)24-15-18-31(5)26(19-24)27-22(2)11-14-25-28(27)32-29(3,4)20-30(25)16-7-6-8-17-30;1-21-9-12-23(13-10-21)24-15-18-31(5)26(19-24)27-22(2)11-14-25-28(27)32-30(20-29(25,3)4)16-7-6-8-17-30;1-20-7-10-22(11-8-20)24-14-18-29(3)25(19-24)26-21(2)9-12-23-13-17-28(30-27(23)26)15-5-4-6-16-28/h12-20,22H,7-11H2,1-6H3;2*9-15,18-19H,6-8,16-17,20H2,1-5H3;7-12,14,18-19H,4-6,13,15-17H2,1-3H3/q4*+1/i;;;13D2. The summed E-state index contributed by atoms with van der Waals surface area (Å²) in [6.07, 6.45) is 35.0. The van der Waals surface area contributed by atoms with Crippen LogP contribution in [0.1, 0.15) is 278 Å². The Kier molecular flexibility index (Phi) is 24.1. The molecule has 0 amide bonds. The first-order chi connectivity index (χ1) is 61.5. The van der Waals surface area contributed by atoms with Crippen molar-refractivity contribution >= 4 is 0 Å². The molecular formula is C119H142N4O4+4. The molecule has 0 radical (unpaired) electrons. The molecular weight excluding hydrogens is 1550 g/mol. The summed E-state index contributed by atoms with van der Waals surface area (Å²) in [5, 5.41) is 0. The number of fused-ring (bicyclic) bond motifs is 5. The van der Waals surface area contributed by atoms with E-state index in [1.807, 2.05) is 12.1 Å². The van der Waals surface area contributed by atoms with Crippen molar-refractivity contribution in [2.75, 3.05) is 0 Å². The van der Waals surface area contributed by atoms with Gasteiger partial charge in [0.25, 0.3) is 0 Å². The fourth-order valence-electron chi connectivity index (χ4n) is 22.8. The fourth-order valence-corrected chi connectivity index (χ4v) is 22.8. The van der Waals surface area contributed by atoms with Crippen molar-refractivity contribution in [2.24, 2.45) is 28.2 Å². The summed E-state index contributed by atoms with van der Waals surface area (Å²) in [4.78, 5) is 0. The highest BCUT2D eigenvalue weighted by Gasteiger charge is 2.52. The van der Waals surface area contributed by atoms with Gasteiger partial charge in [0.15, 0.2) is 24.8 Å². The normalized spacial score (nSPS) is 19.2. The second kappa shape index (κ2) is 35.5. The Morgan fingerprint density at radius 3 is 1.09 bits per heavy atom. The summed E-state index contributed by atoms with van der Waals surface area (Å²) in [5.41, 5.74) is 33.9. The molecule has 127 heavy (non-hydrogen) atoms. The molecule has 4 saturated carbocycles. The van der Waals surface area contributed by atoms with Crippen molar-refractivity contribution in [1.82, 2.24) is 0 Å². The number of aryl methyl sites for hydroxylation is 12. The number of hydrogen-bond donors (Lipinski definition) is 0. The quantitative estimate of drug-likeness (QED) is 0.135. The third-order valence-electron chi connectivity index (χ3n) is 30.9. The maximum atomic E-state index is 8.93. The second-order valence-corrected chi connectivity index (χ2v) is 42.0. The Hall–Kier alpha value is -10.4. The number of aromatic nitrogens is 4. The highest BCUT2D eigenvalue weighted by molar-refractivity contribution is 5.81. The van der Waals surface area contributed by atoms with Crippen molar-refractivity contribution in [1.29, 1.82) is 0 Å². The van der Waals surface area contributed by atoms with Gasteiger partial charge in [-0.1, -0.05) is 241 Å². The highest BCUT2D eigenvalue weighted by atomic mass is 16.5. The van der Waals surface area contributed by atoms with Crippen molar-refractivity contribution in [3.8, 4) is 113 Å². The lowest BCUT2D eigenvalue weighted by Gasteiger charge is -2.48. The first-order valence-electron chi connectivity index (χ1n) is 49.2. The minimum absolute atomic E-state index is 0.00949. The molecule has 0 atom stereocenters. The van der Waals surface area contributed by atoms with E-state index in [1.165, 1.54) is 231 Å². The predicted molar refractivity (Wildman–Crippen MR) is 524 cm³/mol. The Morgan fingerprint density at radius 1 is 0.307 bits per heavy atom. The van der Waals surface area contributed by atoms with Crippen LogP contribution in [0.5, 0.6) is 23.0 Å².